The number of carboxylic acid groups (broad SMARTS) is 1. The summed E-state index contributed by atoms with van der Waals surface area (Å²) in [4.78, 5) is 14.0. The number of aromatic carboxylic acids is 1. The number of benzene rings is 1. The molecule has 16 heavy (non-hydrogen) atoms. The van der Waals surface area contributed by atoms with Gasteiger partial charge in [0.15, 0.2) is 0 Å². The predicted octanol–water partition coefficient (Wildman–Crippen LogP) is -2.37. The van der Waals surface area contributed by atoms with Crippen LogP contribution in [0.25, 0.3) is 0 Å². The first-order chi connectivity index (χ1) is 7.25. The summed E-state index contributed by atoms with van der Waals surface area (Å²) >= 11 is 0. The Hall–Kier alpha value is -1.50. The molecule has 1 heterocycles. The van der Waals surface area contributed by atoms with Crippen molar-refractivity contribution in [3.8, 4) is 0 Å². The van der Waals surface area contributed by atoms with Crippen molar-refractivity contribution in [2.45, 2.75) is 6.42 Å². The van der Waals surface area contributed by atoms with Crippen LogP contribution in [0.2, 0.25) is 0 Å². The fourth-order valence-corrected chi connectivity index (χ4v) is 1.28. The first-order valence-corrected chi connectivity index (χ1v) is 4.45. The SMILES string of the molecule is O=C([O-])c1ncc(Cc2ccccc2)o1.[Li+]. The van der Waals surface area contributed by atoms with E-state index >= 15 is 0 Å². The molecule has 0 saturated heterocycles. The molecule has 0 fully saturated rings. The van der Waals surface area contributed by atoms with Crippen LogP contribution in [-0.2, 0) is 6.42 Å². The van der Waals surface area contributed by atoms with E-state index in [1.165, 1.54) is 6.20 Å². The summed E-state index contributed by atoms with van der Waals surface area (Å²) in [5.74, 6) is -1.25. The minimum atomic E-state index is -1.39. The zero-order chi connectivity index (χ0) is 10.7. The summed E-state index contributed by atoms with van der Waals surface area (Å²) in [6, 6.07) is 9.59. The summed E-state index contributed by atoms with van der Waals surface area (Å²) in [5, 5.41) is 10.4. The summed E-state index contributed by atoms with van der Waals surface area (Å²) < 4.78 is 4.98. The predicted molar refractivity (Wildman–Crippen MR) is 50.1 cm³/mol. The van der Waals surface area contributed by atoms with Crippen molar-refractivity contribution in [3.05, 3.63) is 53.7 Å². The van der Waals surface area contributed by atoms with E-state index in [-0.39, 0.29) is 24.8 Å². The molecule has 2 aromatic rings. The Balaban J connectivity index is 0.00000128. The fourth-order valence-electron chi connectivity index (χ4n) is 1.28. The van der Waals surface area contributed by atoms with Crippen LogP contribution in [0.3, 0.4) is 0 Å². The first-order valence-electron chi connectivity index (χ1n) is 4.45. The monoisotopic (exact) mass is 209 g/mol. The number of nitrogens with zero attached hydrogens (tertiary/aromatic N) is 1. The van der Waals surface area contributed by atoms with E-state index in [9.17, 15) is 9.90 Å². The molecule has 0 spiro atoms. The van der Waals surface area contributed by atoms with Crippen LogP contribution in [0.1, 0.15) is 22.0 Å². The van der Waals surface area contributed by atoms with Crippen molar-refractivity contribution in [2.75, 3.05) is 0 Å². The van der Waals surface area contributed by atoms with Crippen molar-refractivity contribution in [1.82, 2.24) is 4.98 Å². The third-order valence-electron chi connectivity index (χ3n) is 1.95. The maximum Gasteiger partial charge on any atom is 1.00 e. The Morgan fingerprint density at radius 2 is 2.00 bits per heavy atom. The number of carbonyl (C=O) groups is 1. The Morgan fingerprint density at radius 3 is 2.56 bits per heavy atom. The summed E-state index contributed by atoms with van der Waals surface area (Å²) in [5.41, 5.74) is 1.04. The van der Waals surface area contributed by atoms with Crippen LogP contribution in [0.15, 0.2) is 40.9 Å². The Bertz CT molecular complexity index is 467. The normalized spacial score (nSPS) is 9.50. The van der Waals surface area contributed by atoms with Crippen LogP contribution < -0.4 is 24.0 Å². The second-order valence-corrected chi connectivity index (χ2v) is 3.08. The van der Waals surface area contributed by atoms with Gasteiger partial charge in [0.25, 0.3) is 0 Å². The molecule has 0 aliphatic heterocycles. The average molecular weight is 209 g/mol. The molecule has 0 amide bonds. The van der Waals surface area contributed by atoms with Crippen molar-refractivity contribution in [1.29, 1.82) is 0 Å². The number of carbonyl (C=O) groups excluding carboxylic acids is 1. The van der Waals surface area contributed by atoms with Crippen molar-refractivity contribution in [3.63, 3.8) is 0 Å². The zero-order valence-electron chi connectivity index (χ0n) is 8.84. The number of oxazole rings is 1. The molecule has 76 valence electrons. The zero-order valence-corrected chi connectivity index (χ0v) is 8.84. The van der Waals surface area contributed by atoms with Crippen molar-refractivity contribution < 1.29 is 33.2 Å². The molecule has 1 aromatic carbocycles. The van der Waals surface area contributed by atoms with Gasteiger partial charge < -0.3 is 14.3 Å². The van der Waals surface area contributed by atoms with E-state index < -0.39 is 5.97 Å². The molecule has 1 aromatic heterocycles. The van der Waals surface area contributed by atoms with Crippen LogP contribution in [0.4, 0.5) is 0 Å². The van der Waals surface area contributed by atoms with E-state index in [2.05, 4.69) is 4.98 Å². The van der Waals surface area contributed by atoms with Crippen molar-refractivity contribution >= 4 is 5.97 Å². The molecule has 0 unspecified atom stereocenters. The summed E-state index contributed by atoms with van der Waals surface area (Å²) in [6.45, 7) is 0. The smallest absolute Gasteiger partial charge is 0.540 e. The minimum absolute atomic E-state index is 0. The number of aromatic nitrogens is 1. The van der Waals surface area contributed by atoms with E-state index in [4.69, 9.17) is 4.42 Å². The second-order valence-electron chi connectivity index (χ2n) is 3.08. The molecular weight excluding hydrogens is 201 g/mol. The topological polar surface area (TPSA) is 66.2 Å². The van der Waals surface area contributed by atoms with Crippen LogP contribution >= 0.6 is 0 Å². The Kier molecular flexibility index (Phi) is 4.36. The quantitative estimate of drug-likeness (QED) is 0.530. The van der Waals surface area contributed by atoms with Gasteiger partial charge in [-0.25, -0.2) is 4.98 Å². The second kappa shape index (κ2) is 5.55. The van der Waals surface area contributed by atoms with Crippen LogP contribution in [0.5, 0.6) is 0 Å². The third kappa shape index (κ3) is 2.99. The van der Waals surface area contributed by atoms with Gasteiger partial charge in [-0.2, -0.15) is 0 Å². The van der Waals surface area contributed by atoms with Gasteiger partial charge in [0, 0.05) is 6.42 Å². The summed E-state index contributed by atoms with van der Waals surface area (Å²) in [6.07, 6.45) is 1.93. The van der Waals surface area contributed by atoms with E-state index in [0.29, 0.717) is 12.2 Å². The minimum Gasteiger partial charge on any atom is -0.540 e. The molecule has 0 saturated carbocycles. The molecule has 2 rings (SSSR count). The molecule has 0 bridgehead atoms. The molecular formula is C11H8LiNO3. The van der Waals surface area contributed by atoms with Gasteiger partial charge >= 0.3 is 18.9 Å². The maximum absolute atomic E-state index is 10.4. The molecule has 0 aliphatic rings. The number of hydrogen-bond donors (Lipinski definition) is 0. The van der Waals surface area contributed by atoms with Crippen LogP contribution in [-0.4, -0.2) is 11.0 Å². The standard InChI is InChI=1S/C11H9NO3.Li/c13-11(14)10-12-7-9(15-10)6-8-4-2-1-3-5-8;/h1-5,7H,6H2,(H,13,14);/q;+1/p-1. The molecule has 0 atom stereocenters. The van der Waals surface area contributed by atoms with E-state index in [1.807, 2.05) is 30.3 Å². The Labute approximate surface area is 104 Å². The first kappa shape index (κ1) is 12.6. The van der Waals surface area contributed by atoms with Gasteiger partial charge in [-0.3, -0.25) is 0 Å². The van der Waals surface area contributed by atoms with Gasteiger partial charge in [-0.1, -0.05) is 30.3 Å². The largest absolute Gasteiger partial charge is 1.00 e. The van der Waals surface area contributed by atoms with E-state index in [1.54, 1.807) is 0 Å². The molecule has 0 radical (unpaired) electrons. The van der Waals surface area contributed by atoms with Gasteiger partial charge in [0.2, 0.25) is 5.89 Å². The van der Waals surface area contributed by atoms with Gasteiger partial charge in [-0.05, 0) is 5.56 Å². The number of rotatable bonds is 3. The van der Waals surface area contributed by atoms with Gasteiger partial charge in [0.05, 0.1) is 6.20 Å². The van der Waals surface area contributed by atoms with Crippen LogP contribution in [0, 0.1) is 0 Å². The fraction of sp³-hybridized carbons (Fsp3) is 0.0909. The molecule has 0 aliphatic carbocycles. The maximum atomic E-state index is 10.4. The molecule has 5 heteroatoms. The number of hydrogen-bond acceptors (Lipinski definition) is 4. The van der Waals surface area contributed by atoms with Gasteiger partial charge in [-0.15, -0.1) is 0 Å². The van der Waals surface area contributed by atoms with Crippen molar-refractivity contribution in [2.24, 2.45) is 0 Å². The summed E-state index contributed by atoms with van der Waals surface area (Å²) in [7, 11) is 0. The molecule has 0 N–H and O–H groups in total. The van der Waals surface area contributed by atoms with E-state index in [0.717, 1.165) is 5.56 Å². The number of carboxylic acids is 1. The average Bonchev–Trinajstić information content (AvgIpc) is 2.68. The Morgan fingerprint density at radius 1 is 1.31 bits per heavy atom. The third-order valence-corrected chi connectivity index (χ3v) is 1.95. The molecule has 4 nitrogen and oxygen atoms in total. The van der Waals surface area contributed by atoms with Gasteiger partial charge in [0.1, 0.15) is 11.7 Å².